The quantitative estimate of drug-likeness (QED) is 0.697. The highest BCUT2D eigenvalue weighted by Crippen LogP contribution is 2.61. The SMILES string of the molecule is CC(C)CNCC1(C2CCCCCC2)CC2CCC1C2. The van der Waals surface area contributed by atoms with Crippen LogP contribution >= 0.6 is 0 Å². The van der Waals surface area contributed by atoms with Crippen LogP contribution in [-0.2, 0) is 0 Å². The van der Waals surface area contributed by atoms with E-state index < -0.39 is 0 Å². The van der Waals surface area contributed by atoms with E-state index in [1.165, 1.54) is 51.6 Å². The van der Waals surface area contributed by atoms with Gasteiger partial charge in [-0.15, -0.1) is 0 Å². The summed E-state index contributed by atoms with van der Waals surface area (Å²) in [5, 5.41) is 3.87. The fraction of sp³-hybridized carbons (Fsp3) is 1.00. The molecule has 3 saturated carbocycles. The van der Waals surface area contributed by atoms with Crippen LogP contribution in [0.15, 0.2) is 0 Å². The molecule has 0 aromatic heterocycles. The Bertz CT molecular complexity index is 303. The normalized spacial score (nSPS) is 38.5. The Morgan fingerprint density at radius 2 is 1.70 bits per heavy atom. The number of nitrogens with one attached hydrogen (secondary N) is 1. The zero-order valence-corrected chi connectivity index (χ0v) is 13.8. The topological polar surface area (TPSA) is 12.0 Å². The molecular weight excluding hydrogens is 242 g/mol. The summed E-state index contributed by atoms with van der Waals surface area (Å²) >= 11 is 0. The van der Waals surface area contributed by atoms with Crippen molar-refractivity contribution >= 4 is 0 Å². The zero-order chi connectivity index (χ0) is 14.0. The first-order chi connectivity index (χ1) is 9.71. The molecule has 0 amide bonds. The molecule has 1 nitrogen and oxygen atoms in total. The van der Waals surface area contributed by atoms with Crippen LogP contribution in [0.1, 0.15) is 78.1 Å². The molecule has 3 atom stereocenters. The van der Waals surface area contributed by atoms with Gasteiger partial charge in [-0.2, -0.15) is 0 Å². The van der Waals surface area contributed by atoms with Crippen LogP contribution in [0.3, 0.4) is 0 Å². The van der Waals surface area contributed by atoms with Gasteiger partial charge in [0.05, 0.1) is 0 Å². The predicted octanol–water partition coefficient (Wildman–Crippen LogP) is 5.01. The number of rotatable bonds is 5. The summed E-state index contributed by atoms with van der Waals surface area (Å²) in [4.78, 5) is 0. The molecule has 0 heterocycles. The average molecular weight is 277 g/mol. The lowest BCUT2D eigenvalue weighted by atomic mass is 9.62. The Morgan fingerprint density at radius 3 is 2.25 bits per heavy atom. The molecule has 3 aliphatic rings. The summed E-state index contributed by atoms with van der Waals surface area (Å²) < 4.78 is 0. The third-order valence-corrected chi connectivity index (χ3v) is 6.70. The molecule has 2 bridgehead atoms. The molecule has 1 heteroatoms. The molecular formula is C19H35N. The van der Waals surface area contributed by atoms with Gasteiger partial charge in [-0.25, -0.2) is 0 Å². The molecule has 0 aromatic rings. The molecule has 0 aromatic carbocycles. The first-order valence-corrected chi connectivity index (χ1v) is 9.41. The third-order valence-electron chi connectivity index (χ3n) is 6.70. The van der Waals surface area contributed by atoms with Gasteiger partial charge >= 0.3 is 0 Å². The fourth-order valence-electron chi connectivity index (χ4n) is 5.80. The van der Waals surface area contributed by atoms with Crippen LogP contribution < -0.4 is 5.32 Å². The van der Waals surface area contributed by atoms with E-state index in [1.54, 1.807) is 25.7 Å². The molecule has 3 unspecified atom stereocenters. The van der Waals surface area contributed by atoms with Crippen LogP contribution in [-0.4, -0.2) is 13.1 Å². The number of hydrogen-bond donors (Lipinski definition) is 1. The van der Waals surface area contributed by atoms with Crippen LogP contribution in [0.2, 0.25) is 0 Å². The molecule has 0 saturated heterocycles. The van der Waals surface area contributed by atoms with Crippen molar-refractivity contribution in [2.24, 2.45) is 29.1 Å². The summed E-state index contributed by atoms with van der Waals surface area (Å²) in [5.41, 5.74) is 0.697. The van der Waals surface area contributed by atoms with Gasteiger partial charge in [0.1, 0.15) is 0 Å². The lowest BCUT2D eigenvalue weighted by molar-refractivity contribution is 0.0612. The molecule has 3 aliphatic carbocycles. The Hall–Kier alpha value is -0.0400. The molecule has 0 radical (unpaired) electrons. The Balaban J connectivity index is 1.69. The van der Waals surface area contributed by atoms with Crippen molar-refractivity contribution in [1.82, 2.24) is 5.32 Å². The predicted molar refractivity (Wildman–Crippen MR) is 86.8 cm³/mol. The third kappa shape index (κ3) is 2.93. The smallest absolute Gasteiger partial charge is 0.00133 e. The summed E-state index contributed by atoms with van der Waals surface area (Å²) in [7, 11) is 0. The standard InChI is InChI=1S/C19H35N/c1-15(2)13-20-14-19(12-16-9-10-18(19)11-16)17-7-5-3-4-6-8-17/h15-18,20H,3-14H2,1-2H3. The highest BCUT2D eigenvalue weighted by Gasteiger charge is 2.53. The maximum absolute atomic E-state index is 3.87. The Morgan fingerprint density at radius 1 is 0.950 bits per heavy atom. The minimum absolute atomic E-state index is 0.697. The van der Waals surface area contributed by atoms with E-state index in [2.05, 4.69) is 19.2 Å². The van der Waals surface area contributed by atoms with Gasteiger partial charge < -0.3 is 5.32 Å². The van der Waals surface area contributed by atoms with Crippen molar-refractivity contribution in [2.45, 2.75) is 78.1 Å². The second kappa shape index (κ2) is 6.38. The molecule has 20 heavy (non-hydrogen) atoms. The number of fused-ring (bicyclic) bond motifs is 2. The van der Waals surface area contributed by atoms with Gasteiger partial charge in [0, 0.05) is 6.54 Å². The molecule has 1 N–H and O–H groups in total. The van der Waals surface area contributed by atoms with Crippen LogP contribution in [0.5, 0.6) is 0 Å². The van der Waals surface area contributed by atoms with Crippen molar-refractivity contribution < 1.29 is 0 Å². The Kier molecular flexibility index (Phi) is 4.75. The fourth-order valence-corrected chi connectivity index (χ4v) is 5.80. The van der Waals surface area contributed by atoms with E-state index in [1.807, 2.05) is 0 Å². The zero-order valence-electron chi connectivity index (χ0n) is 13.8. The maximum atomic E-state index is 3.87. The maximum Gasteiger partial charge on any atom is 0.00133 e. The lowest BCUT2D eigenvalue weighted by Crippen LogP contribution is -2.45. The summed E-state index contributed by atoms with van der Waals surface area (Å²) in [6, 6.07) is 0. The van der Waals surface area contributed by atoms with Crippen molar-refractivity contribution in [3.8, 4) is 0 Å². The van der Waals surface area contributed by atoms with Crippen LogP contribution in [0.4, 0.5) is 0 Å². The van der Waals surface area contributed by atoms with Crippen molar-refractivity contribution in [3.05, 3.63) is 0 Å². The molecule has 0 spiro atoms. The molecule has 0 aliphatic heterocycles. The first-order valence-electron chi connectivity index (χ1n) is 9.41. The summed E-state index contributed by atoms with van der Waals surface area (Å²) in [6.07, 6.45) is 15.3. The van der Waals surface area contributed by atoms with Gasteiger partial charge in [0.25, 0.3) is 0 Å². The van der Waals surface area contributed by atoms with E-state index >= 15 is 0 Å². The minimum Gasteiger partial charge on any atom is -0.316 e. The van der Waals surface area contributed by atoms with E-state index in [-0.39, 0.29) is 0 Å². The summed E-state index contributed by atoms with van der Waals surface area (Å²) in [6.45, 7) is 7.22. The van der Waals surface area contributed by atoms with E-state index in [0.29, 0.717) is 5.41 Å². The van der Waals surface area contributed by atoms with E-state index in [9.17, 15) is 0 Å². The molecule has 116 valence electrons. The molecule has 3 fully saturated rings. The monoisotopic (exact) mass is 277 g/mol. The van der Waals surface area contributed by atoms with Gasteiger partial charge in [-0.05, 0) is 67.7 Å². The van der Waals surface area contributed by atoms with Crippen molar-refractivity contribution in [3.63, 3.8) is 0 Å². The highest BCUT2D eigenvalue weighted by molar-refractivity contribution is 5.04. The lowest BCUT2D eigenvalue weighted by Gasteiger charge is -2.45. The first kappa shape index (κ1) is 14.9. The minimum atomic E-state index is 0.697. The van der Waals surface area contributed by atoms with Crippen molar-refractivity contribution in [1.29, 1.82) is 0 Å². The van der Waals surface area contributed by atoms with Gasteiger partial charge in [-0.3, -0.25) is 0 Å². The summed E-state index contributed by atoms with van der Waals surface area (Å²) in [5.74, 6) is 3.99. The van der Waals surface area contributed by atoms with Crippen LogP contribution in [0, 0.1) is 29.1 Å². The van der Waals surface area contributed by atoms with E-state index in [4.69, 9.17) is 0 Å². The number of hydrogen-bond acceptors (Lipinski definition) is 1. The second-order valence-electron chi connectivity index (χ2n) is 8.53. The highest BCUT2D eigenvalue weighted by atomic mass is 14.9. The largest absolute Gasteiger partial charge is 0.316 e. The van der Waals surface area contributed by atoms with Crippen molar-refractivity contribution in [2.75, 3.05) is 13.1 Å². The van der Waals surface area contributed by atoms with Crippen LogP contribution in [0.25, 0.3) is 0 Å². The van der Waals surface area contributed by atoms with Gasteiger partial charge in [0.15, 0.2) is 0 Å². The Labute approximate surface area is 126 Å². The van der Waals surface area contributed by atoms with Gasteiger partial charge in [-0.1, -0.05) is 46.0 Å². The molecule has 3 rings (SSSR count). The van der Waals surface area contributed by atoms with E-state index in [0.717, 1.165) is 23.7 Å². The average Bonchev–Trinajstić information content (AvgIpc) is 2.90. The van der Waals surface area contributed by atoms with Gasteiger partial charge in [0.2, 0.25) is 0 Å². The second-order valence-corrected chi connectivity index (χ2v) is 8.53.